The van der Waals surface area contributed by atoms with Gasteiger partial charge in [-0.25, -0.2) is 9.97 Å². The average molecular weight is 421 g/mol. The van der Waals surface area contributed by atoms with Crippen molar-refractivity contribution in [2.24, 2.45) is 5.92 Å². The molecule has 0 radical (unpaired) electrons. The van der Waals surface area contributed by atoms with Gasteiger partial charge < -0.3 is 15.4 Å². The van der Waals surface area contributed by atoms with Crippen LogP contribution in [0.15, 0.2) is 5.38 Å². The fraction of sp³-hybridized carbons (Fsp3) is 0.500. The third-order valence-corrected chi connectivity index (χ3v) is 6.46. The number of thiazole rings is 2. The Hall–Kier alpha value is -2.33. The number of aryl methyl sites for hydroxylation is 1. The van der Waals surface area contributed by atoms with Gasteiger partial charge in [-0.05, 0) is 32.6 Å². The number of aromatic nitrogens is 2. The van der Waals surface area contributed by atoms with E-state index in [0.717, 1.165) is 29.8 Å². The van der Waals surface area contributed by atoms with E-state index in [-0.39, 0.29) is 36.0 Å². The highest BCUT2D eigenvalue weighted by atomic mass is 32.1. The van der Waals surface area contributed by atoms with Gasteiger partial charge in [0.2, 0.25) is 11.8 Å². The number of hydrogen-bond donors (Lipinski definition) is 2. The summed E-state index contributed by atoms with van der Waals surface area (Å²) in [5.41, 5.74) is 1.32. The second-order valence-corrected chi connectivity index (χ2v) is 8.74. The molecule has 2 heterocycles. The van der Waals surface area contributed by atoms with Crippen LogP contribution in [-0.2, 0) is 32.0 Å². The predicted octanol–water partition coefficient (Wildman–Crippen LogP) is 2.72. The van der Waals surface area contributed by atoms with E-state index in [1.165, 1.54) is 22.7 Å². The van der Waals surface area contributed by atoms with Crippen LogP contribution < -0.4 is 10.6 Å². The first-order chi connectivity index (χ1) is 13.5. The van der Waals surface area contributed by atoms with Gasteiger partial charge in [0.15, 0.2) is 10.3 Å². The molecule has 10 heteroatoms. The number of carbonyl (C=O) groups is 3. The van der Waals surface area contributed by atoms with Crippen molar-refractivity contribution in [3.63, 3.8) is 0 Å². The third-order valence-electron chi connectivity index (χ3n) is 4.61. The lowest BCUT2D eigenvalue weighted by atomic mass is 10.1. The van der Waals surface area contributed by atoms with Gasteiger partial charge in [0.05, 0.1) is 24.4 Å². The minimum absolute atomic E-state index is 0.00111. The monoisotopic (exact) mass is 420 g/mol. The zero-order valence-corrected chi connectivity index (χ0v) is 17.0. The van der Waals surface area contributed by atoms with E-state index in [0.29, 0.717) is 29.0 Å². The molecule has 2 amide bonds. The third kappa shape index (κ3) is 4.22. The van der Waals surface area contributed by atoms with E-state index in [1.807, 2.05) is 0 Å². The predicted molar refractivity (Wildman–Crippen MR) is 106 cm³/mol. The van der Waals surface area contributed by atoms with Crippen molar-refractivity contribution >= 4 is 50.7 Å². The Morgan fingerprint density at radius 3 is 2.75 bits per heavy atom. The molecule has 0 bridgehead atoms. The summed E-state index contributed by atoms with van der Waals surface area (Å²) in [5.74, 6) is -0.717. The second kappa shape index (κ2) is 7.96. The van der Waals surface area contributed by atoms with Crippen molar-refractivity contribution in [3.8, 4) is 0 Å². The second-order valence-electron chi connectivity index (χ2n) is 6.80. The molecule has 0 aliphatic heterocycles. The van der Waals surface area contributed by atoms with Gasteiger partial charge in [-0.1, -0.05) is 0 Å². The highest BCUT2D eigenvalue weighted by Gasteiger charge is 2.34. The molecule has 1 saturated carbocycles. The molecule has 2 aromatic heterocycles. The number of nitrogens with zero attached hydrogens (tertiary/aromatic N) is 2. The largest absolute Gasteiger partial charge is 0.465 e. The highest BCUT2D eigenvalue weighted by molar-refractivity contribution is 7.16. The van der Waals surface area contributed by atoms with Gasteiger partial charge in [-0.3, -0.25) is 14.4 Å². The maximum atomic E-state index is 12.3. The van der Waals surface area contributed by atoms with E-state index in [4.69, 9.17) is 4.74 Å². The molecule has 1 unspecified atom stereocenters. The summed E-state index contributed by atoms with van der Waals surface area (Å²) in [6.07, 6.45) is 3.43. The molecule has 2 aromatic rings. The van der Waals surface area contributed by atoms with Gasteiger partial charge in [0.25, 0.3) is 0 Å². The lowest BCUT2D eigenvalue weighted by molar-refractivity contribution is -0.145. The molecule has 2 N–H and O–H groups in total. The minimum Gasteiger partial charge on any atom is -0.465 e. The van der Waals surface area contributed by atoms with E-state index < -0.39 is 0 Å². The Labute approximate surface area is 169 Å². The van der Waals surface area contributed by atoms with Crippen molar-refractivity contribution in [1.29, 1.82) is 0 Å². The SMILES string of the molecule is CCOC(=O)C1CCc2sc(NC(=O)Cc3csc(NC(=O)C4CC4)n3)nc21. The summed E-state index contributed by atoms with van der Waals surface area (Å²) in [6, 6.07) is 0. The van der Waals surface area contributed by atoms with E-state index in [2.05, 4.69) is 20.6 Å². The van der Waals surface area contributed by atoms with Crippen molar-refractivity contribution in [3.05, 3.63) is 21.6 Å². The average Bonchev–Trinajstić information content (AvgIpc) is 3.13. The van der Waals surface area contributed by atoms with Gasteiger partial charge in [0, 0.05) is 16.2 Å². The standard InChI is InChI=1S/C18H20N4O4S2/c1-2-26-16(25)11-5-6-12-14(11)21-18(28-12)20-13(23)7-10-8-27-17(19-10)22-15(24)9-3-4-9/h8-9,11H,2-7H2,1H3,(H,19,22,24)(H,20,21,23). The van der Waals surface area contributed by atoms with Crippen LogP contribution in [0.4, 0.5) is 10.3 Å². The minimum atomic E-state index is -0.340. The van der Waals surface area contributed by atoms with Gasteiger partial charge in [0.1, 0.15) is 5.92 Å². The molecule has 2 aliphatic carbocycles. The topological polar surface area (TPSA) is 110 Å². The van der Waals surface area contributed by atoms with Crippen LogP contribution in [0.2, 0.25) is 0 Å². The van der Waals surface area contributed by atoms with E-state index in [9.17, 15) is 14.4 Å². The lowest BCUT2D eigenvalue weighted by Crippen LogP contribution is -2.16. The molecule has 4 rings (SSSR count). The lowest BCUT2D eigenvalue weighted by Gasteiger charge is -2.07. The summed E-state index contributed by atoms with van der Waals surface area (Å²) in [6.45, 7) is 2.12. The maximum absolute atomic E-state index is 12.3. The van der Waals surface area contributed by atoms with Crippen LogP contribution in [0.5, 0.6) is 0 Å². The first-order valence-corrected chi connectivity index (χ1v) is 10.9. The molecule has 148 valence electrons. The van der Waals surface area contributed by atoms with Crippen LogP contribution in [0, 0.1) is 5.92 Å². The molecular formula is C18H20N4O4S2. The van der Waals surface area contributed by atoms with Gasteiger partial charge in [-0.2, -0.15) is 0 Å². The van der Waals surface area contributed by atoms with Crippen molar-refractivity contribution in [1.82, 2.24) is 9.97 Å². The number of rotatable bonds is 7. The molecule has 0 saturated heterocycles. The Kier molecular flexibility index (Phi) is 5.40. The number of carbonyl (C=O) groups excluding carboxylic acids is 3. The Morgan fingerprint density at radius 2 is 2.00 bits per heavy atom. The highest BCUT2D eigenvalue weighted by Crippen LogP contribution is 2.39. The molecular weight excluding hydrogens is 400 g/mol. The Morgan fingerprint density at radius 1 is 1.18 bits per heavy atom. The number of esters is 1. The first-order valence-electron chi connectivity index (χ1n) is 9.24. The normalized spacial score (nSPS) is 17.8. The number of amides is 2. The summed E-state index contributed by atoms with van der Waals surface area (Å²) >= 11 is 2.71. The molecule has 28 heavy (non-hydrogen) atoms. The number of hydrogen-bond acceptors (Lipinski definition) is 8. The summed E-state index contributed by atoms with van der Waals surface area (Å²) in [7, 11) is 0. The molecule has 1 atom stereocenters. The zero-order chi connectivity index (χ0) is 19.7. The zero-order valence-electron chi connectivity index (χ0n) is 15.3. The number of fused-ring (bicyclic) bond motifs is 1. The van der Waals surface area contributed by atoms with Gasteiger partial charge >= 0.3 is 5.97 Å². The van der Waals surface area contributed by atoms with E-state index >= 15 is 0 Å². The summed E-state index contributed by atoms with van der Waals surface area (Å²) in [4.78, 5) is 45.9. The van der Waals surface area contributed by atoms with Crippen LogP contribution in [0.1, 0.15) is 48.4 Å². The molecule has 1 fully saturated rings. The summed E-state index contributed by atoms with van der Waals surface area (Å²) in [5, 5.41) is 8.34. The van der Waals surface area contributed by atoms with Crippen molar-refractivity contribution in [2.75, 3.05) is 17.2 Å². The Balaban J connectivity index is 1.33. The van der Waals surface area contributed by atoms with Crippen molar-refractivity contribution < 1.29 is 19.1 Å². The fourth-order valence-electron chi connectivity index (χ4n) is 3.08. The molecule has 2 aliphatic rings. The summed E-state index contributed by atoms with van der Waals surface area (Å²) < 4.78 is 5.10. The quantitative estimate of drug-likeness (QED) is 0.667. The molecule has 0 aromatic carbocycles. The molecule has 8 nitrogen and oxygen atoms in total. The maximum Gasteiger partial charge on any atom is 0.315 e. The van der Waals surface area contributed by atoms with Crippen molar-refractivity contribution in [2.45, 2.75) is 44.9 Å². The van der Waals surface area contributed by atoms with Crippen LogP contribution in [0.3, 0.4) is 0 Å². The fourth-order valence-corrected chi connectivity index (χ4v) is 4.85. The van der Waals surface area contributed by atoms with Crippen LogP contribution in [-0.4, -0.2) is 34.4 Å². The number of nitrogens with one attached hydrogen (secondary N) is 2. The number of anilines is 2. The number of ether oxygens (including phenoxy) is 1. The Bertz CT molecular complexity index is 919. The van der Waals surface area contributed by atoms with E-state index in [1.54, 1.807) is 12.3 Å². The first kappa shape index (κ1) is 19.0. The smallest absolute Gasteiger partial charge is 0.315 e. The molecule has 0 spiro atoms. The van der Waals surface area contributed by atoms with Gasteiger partial charge in [-0.15, -0.1) is 22.7 Å². The van der Waals surface area contributed by atoms with Crippen LogP contribution >= 0.6 is 22.7 Å². The van der Waals surface area contributed by atoms with Crippen LogP contribution in [0.25, 0.3) is 0 Å².